The highest BCUT2D eigenvalue weighted by Gasteiger charge is 2.10. The van der Waals surface area contributed by atoms with E-state index in [0.717, 1.165) is 32.1 Å². The van der Waals surface area contributed by atoms with Crippen LogP contribution in [0.1, 0.15) is 5.56 Å². The Labute approximate surface area is 137 Å². The Morgan fingerprint density at radius 3 is 2.91 bits per heavy atom. The fourth-order valence-electron chi connectivity index (χ4n) is 2.20. The van der Waals surface area contributed by atoms with Crippen LogP contribution in [0.5, 0.6) is 5.75 Å². The topological polar surface area (TPSA) is 81.3 Å². The van der Waals surface area contributed by atoms with E-state index in [9.17, 15) is 4.79 Å². The number of thiazole rings is 1. The lowest BCUT2D eigenvalue weighted by molar-refractivity contribution is 0.216. The first-order valence-corrected chi connectivity index (χ1v) is 7.78. The Morgan fingerprint density at radius 2 is 2.17 bits per heavy atom. The van der Waals surface area contributed by atoms with Crippen molar-refractivity contribution < 1.29 is 9.53 Å². The van der Waals surface area contributed by atoms with E-state index in [0.29, 0.717) is 6.54 Å². The van der Waals surface area contributed by atoms with E-state index in [2.05, 4.69) is 9.97 Å². The first-order chi connectivity index (χ1) is 11.1. The number of hydrogen-bond donors (Lipinski definition) is 1. The van der Waals surface area contributed by atoms with Crippen LogP contribution in [0.2, 0.25) is 0 Å². The molecule has 1 aromatic carbocycles. The van der Waals surface area contributed by atoms with Crippen LogP contribution in [-0.4, -0.2) is 35.1 Å². The number of nitrogens with zero attached hydrogens (tertiary/aromatic N) is 3. The molecule has 23 heavy (non-hydrogen) atoms. The van der Waals surface area contributed by atoms with Gasteiger partial charge in [-0.3, -0.25) is 4.98 Å². The van der Waals surface area contributed by atoms with Crippen molar-refractivity contribution in [1.82, 2.24) is 14.9 Å². The van der Waals surface area contributed by atoms with Gasteiger partial charge in [0.25, 0.3) is 0 Å². The van der Waals surface area contributed by atoms with E-state index < -0.39 is 6.03 Å². The fourth-order valence-corrected chi connectivity index (χ4v) is 3.13. The molecular weight excluding hydrogens is 312 g/mol. The number of benzene rings is 1. The SMILES string of the molecule is COc1ccc2sc(-c3cncc(CN(C)C(N)=O)c3)nc2c1. The zero-order valence-electron chi connectivity index (χ0n) is 12.8. The molecular formula is C16H16N4O2S. The van der Waals surface area contributed by atoms with Crippen molar-refractivity contribution in [3.63, 3.8) is 0 Å². The van der Waals surface area contributed by atoms with Gasteiger partial charge in [0.2, 0.25) is 0 Å². The molecule has 118 valence electrons. The van der Waals surface area contributed by atoms with Crippen LogP contribution in [0.3, 0.4) is 0 Å². The fraction of sp³-hybridized carbons (Fsp3) is 0.188. The Balaban J connectivity index is 1.93. The molecule has 0 atom stereocenters. The summed E-state index contributed by atoms with van der Waals surface area (Å²) >= 11 is 1.59. The molecule has 0 saturated carbocycles. The Morgan fingerprint density at radius 1 is 1.35 bits per heavy atom. The molecule has 6 nitrogen and oxygen atoms in total. The van der Waals surface area contributed by atoms with E-state index in [4.69, 9.17) is 10.5 Å². The van der Waals surface area contributed by atoms with Crippen molar-refractivity contribution in [3.8, 4) is 16.3 Å². The van der Waals surface area contributed by atoms with Crippen LogP contribution in [0.15, 0.2) is 36.7 Å². The Hall–Kier alpha value is -2.67. The lowest BCUT2D eigenvalue weighted by Crippen LogP contribution is -2.31. The van der Waals surface area contributed by atoms with Crippen molar-refractivity contribution in [2.45, 2.75) is 6.54 Å². The van der Waals surface area contributed by atoms with E-state index >= 15 is 0 Å². The van der Waals surface area contributed by atoms with E-state index in [-0.39, 0.29) is 0 Å². The predicted octanol–water partition coefficient (Wildman–Crippen LogP) is 2.88. The molecule has 2 N–H and O–H groups in total. The normalized spacial score (nSPS) is 10.7. The second kappa shape index (κ2) is 6.21. The first kappa shape index (κ1) is 15.2. The van der Waals surface area contributed by atoms with E-state index in [1.807, 2.05) is 24.3 Å². The van der Waals surface area contributed by atoms with Gasteiger partial charge in [-0.05, 0) is 23.8 Å². The summed E-state index contributed by atoms with van der Waals surface area (Å²) in [5.74, 6) is 0.782. The minimum Gasteiger partial charge on any atom is -0.497 e. The van der Waals surface area contributed by atoms with Crippen molar-refractivity contribution in [2.24, 2.45) is 5.73 Å². The molecule has 0 aliphatic carbocycles. The van der Waals surface area contributed by atoms with Crippen molar-refractivity contribution in [3.05, 3.63) is 42.2 Å². The molecule has 0 aliphatic heterocycles. The second-order valence-electron chi connectivity index (χ2n) is 5.13. The number of hydrogen-bond acceptors (Lipinski definition) is 5. The third-order valence-electron chi connectivity index (χ3n) is 3.43. The zero-order valence-corrected chi connectivity index (χ0v) is 13.6. The lowest BCUT2D eigenvalue weighted by Gasteiger charge is -2.13. The van der Waals surface area contributed by atoms with Gasteiger partial charge in [0.15, 0.2) is 0 Å². The lowest BCUT2D eigenvalue weighted by atomic mass is 10.2. The van der Waals surface area contributed by atoms with Crippen LogP contribution in [0, 0.1) is 0 Å². The van der Waals surface area contributed by atoms with E-state index in [1.54, 1.807) is 37.9 Å². The number of primary amides is 1. The number of amides is 2. The van der Waals surface area contributed by atoms with Gasteiger partial charge in [0, 0.05) is 37.6 Å². The van der Waals surface area contributed by atoms with Crippen molar-refractivity contribution in [1.29, 1.82) is 0 Å². The summed E-state index contributed by atoms with van der Waals surface area (Å²) < 4.78 is 6.31. The van der Waals surface area contributed by atoms with Crippen LogP contribution < -0.4 is 10.5 Å². The highest BCUT2D eigenvalue weighted by Crippen LogP contribution is 2.32. The van der Waals surface area contributed by atoms with Crippen molar-refractivity contribution >= 4 is 27.6 Å². The summed E-state index contributed by atoms with van der Waals surface area (Å²) in [6, 6.07) is 7.32. The largest absolute Gasteiger partial charge is 0.497 e. The number of carbonyl (C=O) groups is 1. The highest BCUT2D eigenvalue weighted by molar-refractivity contribution is 7.21. The Bertz CT molecular complexity index is 862. The minimum atomic E-state index is -0.470. The minimum absolute atomic E-state index is 0.412. The zero-order chi connectivity index (χ0) is 16.4. The average Bonchev–Trinajstić information content (AvgIpc) is 2.98. The molecule has 2 heterocycles. The summed E-state index contributed by atoms with van der Waals surface area (Å²) in [6.45, 7) is 0.412. The van der Waals surface area contributed by atoms with Gasteiger partial charge in [-0.1, -0.05) is 0 Å². The van der Waals surface area contributed by atoms with Crippen LogP contribution >= 0.6 is 11.3 Å². The summed E-state index contributed by atoms with van der Waals surface area (Å²) in [4.78, 5) is 21.5. The van der Waals surface area contributed by atoms with Gasteiger partial charge in [0.05, 0.1) is 17.3 Å². The number of aromatic nitrogens is 2. The van der Waals surface area contributed by atoms with Crippen molar-refractivity contribution in [2.75, 3.05) is 14.2 Å². The molecule has 3 aromatic rings. The standard InChI is InChI=1S/C16H16N4O2S/c1-20(16(17)21)9-10-5-11(8-18-7-10)15-19-13-6-12(22-2)3-4-14(13)23-15/h3-8H,9H2,1-2H3,(H2,17,21). The number of pyridine rings is 1. The maximum absolute atomic E-state index is 11.1. The highest BCUT2D eigenvalue weighted by atomic mass is 32.1. The van der Waals surface area contributed by atoms with E-state index in [1.165, 1.54) is 4.90 Å². The molecule has 7 heteroatoms. The molecule has 2 amide bonds. The number of ether oxygens (including phenoxy) is 1. The monoisotopic (exact) mass is 328 g/mol. The average molecular weight is 328 g/mol. The molecule has 0 unspecified atom stereocenters. The summed E-state index contributed by atoms with van der Waals surface area (Å²) in [5, 5.41) is 0.879. The predicted molar refractivity (Wildman–Crippen MR) is 90.5 cm³/mol. The summed E-state index contributed by atoms with van der Waals surface area (Å²) in [5.41, 5.74) is 7.97. The molecule has 0 fully saturated rings. The van der Waals surface area contributed by atoms with Crippen LogP contribution in [0.4, 0.5) is 4.79 Å². The number of carbonyl (C=O) groups excluding carboxylic acids is 1. The third-order valence-corrected chi connectivity index (χ3v) is 4.52. The smallest absolute Gasteiger partial charge is 0.314 e. The maximum Gasteiger partial charge on any atom is 0.314 e. The quantitative estimate of drug-likeness (QED) is 0.798. The molecule has 0 spiro atoms. The first-order valence-electron chi connectivity index (χ1n) is 6.96. The third kappa shape index (κ3) is 3.24. The summed E-state index contributed by atoms with van der Waals surface area (Å²) in [6.07, 6.45) is 3.49. The molecule has 0 saturated heterocycles. The number of rotatable bonds is 4. The molecule has 3 rings (SSSR count). The van der Waals surface area contributed by atoms with Crippen LogP contribution in [-0.2, 0) is 6.54 Å². The number of methoxy groups -OCH3 is 1. The molecule has 0 bridgehead atoms. The van der Waals surface area contributed by atoms with Gasteiger partial charge < -0.3 is 15.4 Å². The van der Waals surface area contributed by atoms with Gasteiger partial charge in [-0.2, -0.15) is 0 Å². The summed E-state index contributed by atoms with van der Waals surface area (Å²) in [7, 11) is 3.29. The van der Waals surface area contributed by atoms with Gasteiger partial charge in [-0.25, -0.2) is 9.78 Å². The molecule has 0 radical (unpaired) electrons. The number of urea groups is 1. The van der Waals surface area contributed by atoms with Gasteiger partial charge >= 0.3 is 6.03 Å². The maximum atomic E-state index is 11.1. The van der Waals surface area contributed by atoms with Crippen LogP contribution in [0.25, 0.3) is 20.8 Å². The molecule has 2 aromatic heterocycles. The number of fused-ring (bicyclic) bond motifs is 1. The second-order valence-corrected chi connectivity index (χ2v) is 6.16. The Kier molecular flexibility index (Phi) is 4.12. The number of nitrogens with two attached hydrogens (primary N) is 1. The van der Waals surface area contributed by atoms with Gasteiger partial charge in [0.1, 0.15) is 10.8 Å². The molecule has 0 aliphatic rings. The van der Waals surface area contributed by atoms with Gasteiger partial charge in [-0.15, -0.1) is 11.3 Å².